The predicted octanol–water partition coefficient (Wildman–Crippen LogP) is 4.39. The summed E-state index contributed by atoms with van der Waals surface area (Å²) in [5, 5.41) is 5.91. The lowest BCUT2D eigenvalue weighted by atomic mass is 10.1. The van der Waals surface area contributed by atoms with E-state index in [0.29, 0.717) is 22.7 Å². The molecule has 3 aromatic rings. The normalized spacial score (nSPS) is 10.4. The highest BCUT2D eigenvalue weighted by atomic mass is 32.1. The van der Waals surface area contributed by atoms with Crippen LogP contribution in [-0.4, -0.2) is 25.1 Å². The second-order valence-electron chi connectivity index (χ2n) is 5.32. The summed E-state index contributed by atoms with van der Waals surface area (Å²) in [6, 6.07) is 12.7. The van der Waals surface area contributed by atoms with E-state index in [-0.39, 0.29) is 5.91 Å². The third kappa shape index (κ3) is 3.64. The Hall–Kier alpha value is -2.86. The van der Waals surface area contributed by atoms with Gasteiger partial charge in [-0.1, -0.05) is 18.2 Å². The molecule has 0 fully saturated rings. The topological polar surface area (TPSA) is 60.5 Å². The molecule has 1 N–H and O–H groups in total. The monoisotopic (exact) mass is 354 g/mol. The number of carbonyl (C=O) groups excluding carboxylic acids is 1. The van der Waals surface area contributed by atoms with Gasteiger partial charge < -0.3 is 14.8 Å². The average molecular weight is 354 g/mol. The summed E-state index contributed by atoms with van der Waals surface area (Å²) in [5.41, 5.74) is 2.87. The maximum atomic E-state index is 12.7. The summed E-state index contributed by atoms with van der Waals surface area (Å²) in [4.78, 5) is 17.2. The van der Waals surface area contributed by atoms with Crippen LogP contribution in [0.5, 0.6) is 11.5 Å². The molecule has 1 heterocycles. The number of ether oxygens (including phenoxy) is 2. The minimum atomic E-state index is -0.251. The summed E-state index contributed by atoms with van der Waals surface area (Å²) >= 11 is 1.58. The summed E-state index contributed by atoms with van der Waals surface area (Å²) in [6.45, 7) is 1.96. The van der Waals surface area contributed by atoms with Crippen molar-refractivity contribution in [1.29, 1.82) is 0 Å². The zero-order valence-electron chi connectivity index (χ0n) is 14.2. The van der Waals surface area contributed by atoms with Crippen LogP contribution in [0.3, 0.4) is 0 Å². The SMILES string of the molecule is COc1ccc(C(=O)Nc2ccccc2-c2csc(C)n2)c(OC)c1. The van der Waals surface area contributed by atoms with Gasteiger partial charge in [-0.15, -0.1) is 11.3 Å². The molecule has 0 spiro atoms. The van der Waals surface area contributed by atoms with Crippen LogP contribution in [0.25, 0.3) is 11.3 Å². The first-order chi connectivity index (χ1) is 12.1. The molecule has 1 aromatic heterocycles. The van der Waals surface area contributed by atoms with Crippen LogP contribution in [0.15, 0.2) is 47.8 Å². The van der Waals surface area contributed by atoms with Crippen molar-refractivity contribution in [3.05, 3.63) is 58.4 Å². The van der Waals surface area contributed by atoms with Crippen LogP contribution in [0.4, 0.5) is 5.69 Å². The molecule has 0 bridgehead atoms. The van der Waals surface area contributed by atoms with Crippen molar-refractivity contribution in [2.45, 2.75) is 6.92 Å². The molecule has 2 aromatic carbocycles. The lowest BCUT2D eigenvalue weighted by Gasteiger charge is -2.12. The molecule has 0 unspecified atom stereocenters. The largest absolute Gasteiger partial charge is 0.497 e. The Bertz CT molecular complexity index is 905. The molecular formula is C19H18N2O3S. The first-order valence-electron chi connectivity index (χ1n) is 7.67. The van der Waals surface area contributed by atoms with Gasteiger partial charge >= 0.3 is 0 Å². The van der Waals surface area contributed by atoms with E-state index < -0.39 is 0 Å². The molecule has 0 saturated heterocycles. The molecule has 0 aliphatic carbocycles. The summed E-state index contributed by atoms with van der Waals surface area (Å²) in [5.74, 6) is 0.837. The van der Waals surface area contributed by atoms with Gasteiger partial charge in [0.25, 0.3) is 5.91 Å². The maximum Gasteiger partial charge on any atom is 0.259 e. The molecule has 0 aliphatic heterocycles. The third-order valence-corrected chi connectivity index (χ3v) is 4.50. The molecule has 0 atom stereocenters. The molecule has 128 valence electrons. The Labute approximate surface area is 150 Å². The number of anilines is 1. The van der Waals surface area contributed by atoms with Gasteiger partial charge in [0.15, 0.2) is 0 Å². The zero-order chi connectivity index (χ0) is 17.8. The zero-order valence-corrected chi connectivity index (χ0v) is 15.0. The summed E-state index contributed by atoms with van der Waals surface area (Å²) < 4.78 is 10.5. The van der Waals surface area contributed by atoms with Crippen LogP contribution in [0.2, 0.25) is 0 Å². The summed E-state index contributed by atoms with van der Waals surface area (Å²) in [6.07, 6.45) is 0. The Kier molecular flexibility index (Phi) is 5.00. The molecule has 5 nitrogen and oxygen atoms in total. The van der Waals surface area contributed by atoms with E-state index in [1.165, 1.54) is 7.11 Å². The number of nitrogens with one attached hydrogen (secondary N) is 1. The maximum absolute atomic E-state index is 12.7. The molecule has 6 heteroatoms. The first-order valence-corrected chi connectivity index (χ1v) is 8.55. The number of hydrogen-bond donors (Lipinski definition) is 1. The Morgan fingerprint density at radius 2 is 1.92 bits per heavy atom. The fourth-order valence-corrected chi connectivity index (χ4v) is 3.09. The van der Waals surface area contributed by atoms with Gasteiger partial charge in [0, 0.05) is 17.0 Å². The van der Waals surface area contributed by atoms with Crippen LogP contribution >= 0.6 is 11.3 Å². The number of methoxy groups -OCH3 is 2. The molecular weight excluding hydrogens is 336 g/mol. The number of amides is 1. The van der Waals surface area contributed by atoms with Crippen LogP contribution in [0.1, 0.15) is 15.4 Å². The van der Waals surface area contributed by atoms with Gasteiger partial charge in [-0.25, -0.2) is 4.98 Å². The van der Waals surface area contributed by atoms with Crippen molar-refractivity contribution in [3.63, 3.8) is 0 Å². The Morgan fingerprint density at radius 1 is 1.12 bits per heavy atom. The van der Waals surface area contributed by atoms with E-state index in [2.05, 4.69) is 10.3 Å². The number of rotatable bonds is 5. The van der Waals surface area contributed by atoms with Crippen molar-refractivity contribution >= 4 is 22.9 Å². The number of nitrogens with zero attached hydrogens (tertiary/aromatic N) is 1. The average Bonchev–Trinajstić information content (AvgIpc) is 3.07. The molecule has 0 aliphatic rings. The van der Waals surface area contributed by atoms with Crippen molar-refractivity contribution in [2.24, 2.45) is 0 Å². The minimum Gasteiger partial charge on any atom is -0.497 e. The van der Waals surface area contributed by atoms with Gasteiger partial charge in [-0.3, -0.25) is 4.79 Å². The van der Waals surface area contributed by atoms with Crippen molar-refractivity contribution in [3.8, 4) is 22.8 Å². The van der Waals surface area contributed by atoms with Gasteiger partial charge in [0.05, 0.1) is 36.2 Å². The predicted molar refractivity (Wildman–Crippen MR) is 99.8 cm³/mol. The number of thiazole rings is 1. The molecule has 0 saturated carbocycles. The molecule has 0 radical (unpaired) electrons. The van der Waals surface area contributed by atoms with Crippen LogP contribution in [-0.2, 0) is 0 Å². The van der Waals surface area contributed by atoms with E-state index in [4.69, 9.17) is 9.47 Å². The van der Waals surface area contributed by atoms with Crippen molar-refractivity contribution in [2.75, 3.05) is 19.5 Å². The lowest BCUT2D eigenvalue weighted by molar-refractivity contribution is 0.102. The molecule has 1 amide bonds. The molecule has 3 rings (SSSR count). The Balaban J connectivity index is 1.92. The van der Waals surface area contributed by atoms with E-state index >= 15 is 0 Å². The number of aryl methyl sites for hydroxylation is 1. The highest BCUT2D eigenvalue weighted by molar-refractivity contribution is 7.09. The Morgan fingerprint density at radius 3 is 2.60 bits per heavy atom. The fraction of sp³-hybridized carbons (Fsp3) is 0.158. The van der Waals surface area contributed by atoms with Crippen LogP contribution in [0, 0.1) is 6.92 Å². The van der Waals surface area contributed by atoms with Crippen LogP contribution < -0.4 is 14.8 Å². The number of benzene rings is 2. The number of hydrogen-bond acceptors (Lipinski definition) is 5. The van der Waals surface area contributed by atoms with E-state index in [9.17, 15) is 4.79 Å². The quantitative estimate of drug-likeness (QED) is 0.738. The molecule has 25 heavy (non-hydrogen) atoms. The fourth-order valence-electron chi connectivity index (χ4n) is 2.48. The highest BCUT2D eigenvalue weighted by Crippen LogP contribution is 2.30. The lowest BCUT2D eigenvalue weighted by Crippen LogP contribution is -2.14. The summed E-state index contributed by atoms with van der Waals surface area (Å²) in [7, 11) is 3.10. The van der Waals surface area contributed by atoms with Gasteiger partial charge in [-0.05, 0) is 25.1 Å². The standard InChI is InChI=1S/C19H18N2O3S/c1-12-20-17(11-25-12)14-6-4-5-7-16(14)21-19(22)15-9-8-13(23-2)10-18(15)24-3/h4-11H,1-3H3,(H,21,22). The van der Waals surface area contributed by atoms with E-state index in [1.54, 1.807) is 36.6 Å². The number of carbonyl (C=O) groups is 1. The van der Waals surface area contributed by atoms with Gasteiger partial charge in [-0.2, -0.15) is 0 Å². The highest BCUT2D eigenvalue weighted by Gasteiger charge is 2.16. The van der Waals surface area contributed by atoms with Crippen molar-refractivity contribution < 1.29 is 14.3 Å². The third-order valence-electron chi connectivity index (χ3n) is 3.72. The first kappa shape index (κ1) is 17.0. The number of aromatic nitrogens is 1. The second-order valence-corrected chi connectivity index (χ2v) is 6.38. The van der Waals surface area contributed by atoms with E-state index in [1.807, 2.05) is 36.6 Å². The minimum absolute atomic E-state index is 0.251. The van der Waals surface area contributed by atoms with E-state index in [0.717, 1.165) is 16.3 Å². The van der Waals surface area contributed by atoms with Gasteiger partial charge in [0.1, 0.15) is 11.5 Å². The van der Waals surface area contributed by atoms with Crippen molar-refractivity contribution in [1.82, 2.24) is 4.98 Å². The smallest absolute Gasteiger partial charge is 0.259 e. The van der Waals surface area contributed by atoms with Gasteiger partial charge in [0.2, 0.25) is 0 Å². The number of para-hydroxylation sites is 1. The second kappa shape index (κ2) is 7.36.